The van der Waals surface area contributed by atoms with Crippen LogP contribution in [0.5, 0.6) is 0 Å². The van der Waals surface area contributed by atoms with Gasteiger partial charge < -0.3 is 4.79 Å². The second kappa shape index (κ2) is 4.05. The lowest BCUT2D eigenvalue weighted by Gasteiger charge is -2.24. The summed E-state index contributed by atoms with van der Waals surface area (Å²) in [5.74, 6) is 0.985. The van der Waals surface area contributed by atoms with Gasteiger partial charge in [-0.2, -0.15) is 0 Å². The summed E-state index contributed by atoms with van der Waals surface area (Å²) in [6.45, 7) is 0. The molecule has 0 aliphatic heterocycles. The molecule has 1 aromatic rings. The second-order valence-electron chi connectivity index (χ2n) is 5.04. The minimum absolute atomic E-state index is 0.0291. The molecule has 0 saturated heterocycles. The third-order valence-corrected chi connectivity index (χ3v) is 4.17. The van der Waals surface area contributed by atoms with Crippen LogP contribution in [0.2, 0.25) is 0 Å². The Morgan fingerprint density at radius 3 is 2.44 bits per heavy atom. The van der Waals surface area contributed by atoms with E-state index in [9.17, 15) is 14.9 Å². The number of aldehydes is 1. The van der Waals surface area contributed by atoms with Crippen molar-refractivity contribution in [1.82, 2.24) is 0 Å². The van der Waals surface area contributed by atoms with Crippen LogP contribution in [0, 0.1) is 27.9 Å². The van der Waals surface area contributed by atoms with Crippen molar-refractivity contribution < 1.29 is 9.72 Å². The van der Waals surface area contributed by atoms with E-state index < -0.39 is 4.92 Å². The zero-order valence-corrected chi connectivity index (χ0v) is 9.73. The summed E-state index contributed by atoms with van der Waals surface area (Å²) >= 11 is 0. The number of hydrogen-bond donors (Lipinski definition) is 0. The number of rotatable bonds is 3. The van der Waals surface area contributed by atoms with Gasteiger partial charge in [-0.3, -0.25) is 10.1 Å². The van der Waals surface area contributed by atoms with Gasteiger partial charge in [0, 0.05) is 24.0 Å². The van der Waals surface area contributed by atoms with Gasteiger partial charge in [0.1, 0.15) is 6.29 Å². The molecule has 1 aromatic carbocycles. The van der Waals surface area contributed by atoms with Gasteiger partial charge in [-0.25, -0.2) is 0 Å². The van der Waals surface area contributed by atoms with E-state index in [0.29, 0.717) is 11.8 Å². The maximum absolute atomic E-state index is 11.2. The molecule has 0 radical (unpaired) electrons. The van der Waals surface area contributed by atoms with E-state index in [1.165, 1.54) is 12.1 Å². The lowest BCUT2D eigenvalue weighted by Crippen LogP contribution is -2.18. The standard InChI is InChI=1S/C14H13NO3/c16-8-13-10-1-2-11(7-10)14(13)9-3-5-12(6-4-9)15(17)18/h1-6,8,10-11,13-14H,7H2/t10?,11?,13-,14-/m0/s1. The first-order valence-corrected chi connectivity index (χ1v) is 6.08. The molecule has 1 fully saturated rings. The number of carbonyl (C=O) groups excluding carboxylic acids is 1. The number of carbonyl (C=O) groups is 1. The maximum atomic E-state index is 11.2. The quantitative estimate of drug-likeness (QED) is 0.355. The van der Waals surface area contributed by atoms with E-state index in [0.717, 1.165) is 18.3 Å². The Hall–Kier alpha value is -1.97. The monoisotopic (exact) mass is 243 g/mol. The predicted octanol–water partition coefficient (Wildman–Crippen LogP) is 2.70. The van der Waals surface area contributed by atoms with Crippen molar-refractivity contribution in [3.63, 3.8) is 0 Å². The fourth-order valence-corrected chi connectivity index (χ4v) is 3.33. The molecule has 4 atom stereocenters. The molecule has 4 heteroatoms. The molecule has 2 unspecified atom stereocenters. The maximum Gasteiger partial charge on any atom is 0.269 e. The largest absolute Gasteiger partial charge is 0.303 e. The highest BCUT2D eigenvalue weighted by molar-refractivity contribution is 5.60. The van der Waals surface area contributed by atoms with Gasteiger partial charge in [0.05, 0.1) is 4.92 Å². The molecule has 18 heavy (non-hydrogen) atoms. The van der Waals surface area contributed by atoms with Crippen LogP contribution in [0.25, 0.3) is 0 Å². The Morgan fingerprint density at radius 2 is 1.83 bits per heavy atom. The Kier molecular flexibility index (Phi) is 2.51. The highest BCUT2D eigenvalue weighted by atomic mass is 16.6. The van der Waals surface area contributed by atoms with Crippen LogP contribution >= 0.6 is 0 Å². The molecule has 92 valence electrons. The molecule has 4 nitrogen and oxygen atoms in total. The van der Waals surface area contributed by atoms with E-state index in [1.54, 1.807) is 12.1 Å². The normalized spacial score (nSPS) is 32.7. The number of benzene rings is 1. The third-order valence-electron chi connectivity index (χ3n) is 4.17. The first kappa shape index (κ1) is 11.1. The van der Waals surface area contributed by atoms with Crippen molar-refractivity contribution in [1.29, 1.82) is 0 Å². The van der Waals surface area contributed by atoms with Crippen molar-refractivity contribution in [2.45, 2.75) is 12.3 Å². The topological polar surface area (TPSA) is 60.2 Å². The van der Waals surface area contributed by atoms with Gasteiger partial charge in [0.2, 0.25) is 0 Å². The Labute approximate surface area is 104 Å². The minimum Gasteiger partial charge on any atom is -0.303 e. The Bertz CT molecular complexity index is 520. The first-order chi connectivity index (χ1) is 8.70. The summed E-state index contributed by atoms with van der Waals surface area (Å²) in [7, 11) is 0. The molecule has 0 amide bonds. The van der Waals surface area contributed by atoms with Crippen molar-refractivity contribution in [2.75, 3.05) is 0 Å². The molecular formula is C14H13NO3. The molecule has 0 heterocycles. The number of nitro groups is 1. The van der Waals surface area contributed by atoms with Gasteiger partial charge in [0.25, 0.3) is 5.69 Å². The van der Waals surface area contributed by atoms with Gasteiger partial charge in [-0.1, -0.05) is 24.3 Å². The van der Waals surface area contributed by atoms with E-state index >= 15 is 0 Å². The molecule has 0 spiro atoms. The summed E-state index contributed by atoms with van der Waals surface area (Å²) in [5, 5.41) is 10.6. The predicted molar refractivity (Wildman–Crippen MR) is 66.1 cm³/mol. The number of allylic oxidation sites excluding steroid dienone is 2. The Morgan fingerprint density at radius 1 is 1.17 bits per heavy atom. The third kappa shape index (κ3) is 1.56. The summed E-state index contributed by atoms with van der Waals surface area (Å²) in [5.41, 5.74) is 1.13. The van der Waals surface area contributed by atoms with Crippen LogP contribution in [-0.2, 0) is 4.79 Å². The number of nitro benzene ring substituents is 1. The lowest BCUT2D eigenvalue weighted by molar-refractivity contribution is -0.384. The summed E-state index contributed by atoms with van der Waals surface area (Å²) in [4.78, 5) is 21.4. The van der Waals surface area contributed by atoms with Crippen LogP contribution in [0.15, 0.2) is 36.4 Å². The number of nitrogens with zero attached hydrogens (tertiary/aromatic N) is 1. The van der Waals surface area contributed by atoms with Crippen molar-refractivity contribution in [2.24, 2.45) is 17.8 Å². The smallest absolute Gasteiger partial charge is 0.269 e. The molecule has 3 rings (SSSR count). The minimum atomic E-state index is -0.401. The van der Waals surface area contributed by atoms with Crippen molar-refractivity contribution in [3.05, 3.63) is 52.1 Å². The van der Waals surface area contributed by atoms with Gasteiger partial charge in [-0.15, -0.1) is 0 Å². The summed E-state index contributed by atoms with van der Waals surface area (Å²) in [6, 6.07) is 6.61. The number of non-ortho nitro benzene ring substituents is 1. The highest BCUT2D eigenvalue weighted by Crippen LogP contribution is 2.52. The first-order valence-electron chi connectivity index (χ1n) is 6.08. The number of hydrogen-bond acceptors (Lipinski definition) is 3. The van der Waals surface area contributed by atoms with E-state index in [1.807, 2.05) is 0 Å². The second-order valence-corrected chi connectivity index (χ2v) is 5.04. The van der Waals surface area contributed by atoms with E-state index in [2.05, 4.69) is 12.2 Å². The average molecular weight is 243 g/mol. The molecule has 2 aliphatic rings. The van der Waals surface area contributed by atoms with Crippen molar-refractivity contribution in [3.8, 4) is 0 Å². The molecule has 1 saturated carbocycles. The van der Waals surface area contributed by atoms with Crippen LogP contribution < -0.4 is 0 Å². The highest BCUT2D eigenvalue weighted by Gasteiger charge is 2.44. The zero-order chi connectivity index (χ0) is 12.7. The van der Waals surface area contributed by atoms with E-state index in [-0.39, 0.29) is 17.5 Å². The van der Waals surface area contributed by atoms with Gasteiger partial charge >= 0.3 is 0 Å². The SMILES string of the molecule is O=C[C@H]1C2C=CC(C2)[C@@H]1c1ccc([N+](=O)[O-])cc1. The fourth-order valence-electron chi connectivity index (χ4n) is 3.33. The van der Waals surface area contributed by atoms with Crippen LogP contribution in [0.4, 0.5) is 5.69 Å². The molecular weight excluding hydrogens is 230 g/mol. The zero-order valence-electron chi connectivity index (χ0n) is 9.73. The summed E-state index contributed by atoms with van der Waals surface area (Å²) < 4.78 is 0. The summed E-state index contributed by atoms with van der Waals surface area (Å²) in [6.07, 6.45) is 6.38. The fraction of sp³-hybridized carbons (Fsp3) is 0.357. The van der Waals surface area contributed by atoms with Gasteiger partial charge in [0.15, 0.2) is 0 Å². The van der Waals surface area contributed by atoms with Crippen LogP contribution in [-0.4, -0.2) is 11.2 Å². The average Bonchev–Trinajstić information content (AvgIpc) is 2.98. The molecule has 2 aliphatic carbocycles. The van der Waals surface area contributed by atoms with Crippen LogP contribution in [0.1, 0.15) is 17.9 Å². The lowest BCUT2D eigenvalue weighted by atomic mass is 9.79. The van der Waals surface area contributed by atoms with Gasteiger partial charge in [-0.05, 0) is 23.8 Å². The number of fused-ring (bicyclic) bond motifs is 2. The van der Waals surface area contributed by atoms with Crippen molar-refractivity contribution >= 4 is 12.0 Å². The molecule has 0 N–H and O–H groups in total. The van der Waals surface area contributed by atoms with Crippen LogP contribution in [0.3, 0.4) is 0 Å². The molecule has 0 aromatic heterocycles. The van der Waals surface area contributed by atoms with E-state index in [4.69, 9.17) is 0 Å². The Balaban J connectivity index is 1.92. The molecule has 2 bridgehead atoms.